The maximum Gasteiger partial charge on any atom is 0.247 e. The van der Waals surface area contributed by atoms with E-state index in [1.807, 2.05) is 18.2 Å². The standard InChI is InChI=1S/C16H19N5O2/c1-4-16(22)21-13-7-11(9-23-3)5-6-12(13)20-15-8-14(17-2)18-10-19-15/h4-8,10H,1,9H2,2-3H3,(H,21,22)(H2,17,18,19,20). The lowest BCUT2D eigenvalue weighted by Crippen LogP contribution is -2.10. The van der Waals surface area contributed by atoms with Crippen LogP contribution < -0.4 is 16.0 Å². The third-order valence-electron chi connectivity index (χ3n) is 3.02. The first-order valence-corrected chi connectivity index (χ1v) is 6.98. The molecule has 0 aliphatic carbocycles. The topological polar surface area (TPSA) is 88.2 Å². The average Bonchev–Trinajstić information content (AvgIpc) is 2.57. The van der Waals surface area contributed by atoms with Crippen molar-refractivity contribution in [3.8, 4) is 0 Å². The minimum Gasteiger partial charge on any atom is -0.380 e. The lowest BCUT2D eigenvalue weighted by Gasteiger charge is -2.14. The molecule has 2 rings (SSSR count). The van der Waals surface area contributed by atoms with Crippen LogP contribution in [0.4, 0.5) is 23.0 Å². The van der Waals surface area contributed by atoms with E-state index in [2.05, 4.69) is 32.5 Å². The number of benzene rings is 1. The van der Waals surface area contributed by atoms with Crippen molar-refractivity contribution >= 4 is 28.9 Å². The maximum absolute atomic E-state index is 11.6. The SMILES string of the molecule is C=CC(=O)Nc1cc(COC)ccc1Nc1cc(NC)ncn1. The number of amides is 1. The van der Waals surface area contributed by atoms with Gasteiger partial charge in [-0.1, -0.05) is 12.6 Å². The average molecular weight is 313 g/mol. The van der Waals surface area contributed by atoms with E-state index in [1.165, 1.54) is 12.4 Å². The van der Waals surface area contributed by atoms with E-state index in [-0.39, 0.29) is 5.91 Å². The van der Waals surface area contributed by atoms with Gasteiger partial charge in [0.05, 0.1) is 18.0 Å². The molecule has 0 spiro atoms. The van der Waals surface area contributed by atoms with Crippen molar-refractivity contribution in [1.29, 1.82) is 0 Å². The number of nitrogens with one attached hydrogen (secondary N) is 3. The summed E-state index contributed by atoms with van der Waals surface area (Å²) in [5, 5.41) is 8.88. The predicted molar refractivity (Wildman–Crippen MR) is 90.8 cm³/mol. The Balaban J connectivity index is 2.31. The molecule has 1 aromatic carbocycles. The van der Waals surface area contributed by atoms with Gasteiger partial charge in [0.25, 0.3) is 0 Å². The number of aromatic nitrogens is 2. The first-order chi connectivity index (χ1) is 11.2. The third kappa shape index (κ3) is 4.52. The van der Waals surface area contributed by atoms with Gasteiger partial charge >= 0.3 is 0 Å². The number of anilines is 4. The monoisotopic (exact) mass is 313 g/mol. The Bertz CT molecular complexity index is 703. The fourth-order valence-corrected chi connectivity index (χ4v) is 1.94. The Labute approximate surface area is 134 Å². The molecule has 0 unspecified atom stereocenters. The van der Waals surface area contributed by atoms with Gasteiger partial charge in [-0.3, -0.25) is 4.79 Å². The van der Waals surface area contributed by atoms with Crippen LogP contribution in [0.25, 0.3) is 0 Å². The molecule has 0 fully saturated rings. The Hall–Kier alpha value is -2.93. The summed E-state index contributed by atoms with van der Waals surface area (Å²) in [6, 6.07) is 7.37. The molecule has 0 atom stereocenters. The second-order valence-corrected chi connectivity index (χ2v) is 4.67. The second kappa shape index (κ2) is 7.90. The van der Waals surface area contributed by atoms with E-state index >= 15 is 0 Å². The lowest BCUT2D eigenvalue weighted by molar-refractivity contribution is -0.111. The molecule has 7 nitrogen and oxygen atoms in total. The molecule has 1 aromatic heterocycles. The molecular formula is C16H19N5O2. The van der Waals surface area contributed by atoms with Crippen molar-refractivity contribution < 1.29 is 9.53 Å². The molecule has 0 radical (unpaired) electrons. The van der Waals surface area contributed by atoms with Gasteiger partial charge < -0.3 is 20.7 Å². The summed E-state index contributed by atoms with van der Waals surface area (Å²) >= 11 is 0. The molecule has 120 valence electrons. The summed E-state index contributed by atoms with van der Waals surface area (Å²) in [6.07, 6.45) is 2.67. The van der Waals surface area contributed by atoms with Gasteiger partial charge in [0, 0.05) is 20.2 Å². The number of hydrogen-bond acceptors (Lipinski definition) is 6. The highest BCUT2D eigenvalue weighted by Gasteiger charge is 2.08. The molecule has 3 N–H and O–H groups in total. The van der Waals surface area contributed by atoms with Crippen molar-refractivity contribution in [2.75, 3.05) is 30.1 Å². The zero-order valence-corrected chi connectivity index (χ0v) is 13.1. The summed E-state index contributed by atoms with van der Waals surface area (Å²) in [6.45, 7) is 3.92. The highest BCUT2D eigenvalue weighted by atomic mass is 16.5. The molecule has 23 heavy (non-hydrogen) atoms. The number of ether oxygens (including phenoxy) is 1. The smallest absolute Gasteiger partial charge is 0.247 e. The molecule has 0 bridgehead atoms. The summed E-state index contributed by atoms with van der Waals surface area (Å²) in [7, 11) is 3.40. The molecule has 1 heterocycles. The van der Waals surface area contributed by atoms with E-state index < -0.39 is 0 Å². The number of carbonyl (C=O) groups excluding carboxylic acids is 1. The predicted octanol–water partition coefficient (Wildman–Crippen LogP) is 2.53. The fraction of sp³-hybridized carbons (Fsp3) is 0.188. The Morgan fingerprint density at radius 3 is 2.74 bits per heavy atom. The van der Waals surface area contributed by atoms with E-state index in [4.69, 9.17) is 4.74 Å². The molecule has 0 saturated heterocycles. The van der Waals surface area contributed by atoms with Crippen molar-refractivity contribution in [2.24, 2.45) is 0 Å². The van der Waals surface area contributed by atoms with E-state index in [1.54, 1.807) is 20.2 Å². The van der Waals surface area contributed by atoms with Crippen LogP contribution in [0.15, 0.2) is 43.2 Å². The van der Waals surface area contributed by atoms with Crippen molar-refractivity contribution in [3.63, 3.8) is 0 Å². The Morgan fingerprint density at radius 2 is 2.04 bits per heavy atom. The van der Waals surface area contributed by atoms with Gasteiger partial charge in [-0.2, -0.15) is 0 Å². The van der Waals surface area contributed by atoms with Crippen LogP contribution in [0, 0.1) is 0 Å². The van der Waals surface area contributed by atoms with Crippen LogP contribution in [0.1, 0.15) is 5.56 Å². The van der Waals surface area contributed by atoms with Gasteiger partial charge in [0.1, 0.15) is 18.0 Å². The lowest BCUT2D eigenvalue weighted by atomic mass is 10.1. The summed E-state index contributed by atoms with van der Waals surface area (Å²) in [4.78, 5) is 19.9. The second-order valence-electron chi connectivity index (χ2n) is 4.67. The van der Waals surface area contributed by atoms with Crippen LogP contribution >= 0.6 is 0 Å². The Kier molecular flexibility index (Phi) is 5.65. The van der Waals surface area contributed by atoms with Crippen molar-refractivity contribution in [1.82, 2.24) is 9.97 Å². The van der Waals surface area contributed by atoms with Crippen LogP contribution in [-0.4, -0.2) is 30.0 Å². The van der Waals surface area contributed by atoms with E-state index in [9.17, 15) is 4.79 Å². The fourth-order valence-electron chi connectivity index (χ4n) is 1.94. The van der Waals surface area contributed by atoms with Gasteiger partial charge in [-0.15, -0.1) is 0 Å². The minimum absolute atomic E-state index is 0.291. The zero-order chi connectivity index (χ0) is 16.7. The van der Waals surface area contributed by atoms with Gasteiger partial charge in [0.15, 0.2) is 0 Å². The minimum atomic E-state index is -0.291. The van der Waals surface area contributed by atoms with Gasteiger partial charge in [-0.05, 0) is 23.8 Å². The normalized spacial score (nSPS) is 10.0. The summed E-state index contributed by atoms with van der Waals surface area (Å²) in [5.41, 5.74) is 2.27. The van der Waals surface area contributed by atoms with Gasteiger partial charge in [-0.25, -0.2) is 9.97 Å². The highest BCUT2D eigenvalue weighted by Crippen LogP contribution is 2.27. The highest BCUT2D eigenvalue weighted by molar-refractivity contribution is 6.01. The Morgan fingerprint density at radius 1 is 1.26 bits per heavy atom. The van der Waals surface area contributed by atoms with Crippen molar-refractivity contribution in [3.05, 3.63) is 48.8 Å². The molecular weight excluding hydrogens is 294 g/mol. The molecule has 1 amide bonds. The summed E-state index contributed by atoms with van der Waals surface area (Å²) in [5.74, 6) is 1.01. The van der Waals surface area contributed by atoms with Crippen molar-refractivity contribution in [2.45, 2.75) is 6.61 Å². The first-order valence-electron chi connectivity index (χ1n) is 6.98. The molecule has 2 aromatic rings. The number of methoxy groups -OCH3 is 1. The van der Waals surface area contributed by atoms with Crippen LogP contribution in [-0.2, 0) is 16.1 Å². The van der Waals surface area contributed by atoms with E-state index in [0.717, 1.165) is 5.56 Å². The third-order valence-corrected chi connectivity index (χ3v) is 3.02. The van der Waals surface area contributed by atoms with Gasteiger partial charge in [0.2, 0.25) is 5.91 Å². The largest absolute Gasteiger partial charge is 0.380 e. The first kappa shape index (κ1) is 16.4. The number of nitrogens with zero attached hydrogens (tertiary/aromatic N) is 2. The van der Waals surface area contributed by atoms with Crippen LogP contribution in [0.2, 0.25) is 0 Å². The molecule has 7 heteroatoms. The molecule has 0 aliphatic heterocycles. The van der Waals surface area contributed by atoms with Crippen LogP contribution in [0.3, 0.4) is 0 Å². The van der Waals surface area contributed by atoms with E-state index in [0.29, 0.717) is 29.6 Å². The molecule has 0 aliphatic rings. The number of rotatable bonds is 7. The number of hydrogen-bond donors (Lipinski definition) is 3. The quantitative estimate of drug-likeness (QED) is 0.681. The van der Waals surface area contributed by atoms with Crippen LogP contribution in [0.5, 0.6) is 0 Å². The zero-order valence-electron chi connectivity index (χ0n) is 13.1. The number of carbonyl (C=O) groups is 1. The molecule has 0 saturated carbocycles. The maximum atomic E-state index is 11.6. The summed E-state index contributed by atoms with van der Waals surface area (Å²) < 4.78 is 5.12.